The average molecular weight is 250 g/mol. The third-order valence-corrected chi connectivity index (χ3v) is 3.51. The molecule has 4 nitrogen and oxygen atoms in total. The number of nitrogens with zero attached hydrogens (tertiary/aromatic N) is 1. The molecular formula is C12H14N2O2S. The van der Waals surface area contributed by atoms with Crippen molar-refractivity contribution < 1.29 is 9.00 Å². The van der Waals surface area contributed by atoms with Gasteiger partial charge in [-0.25, -0.2) is 0 Å². The van der Waals surface area contributed by atoms with Crippen LogP contribution in [0.15, 0.2) is 29.2 Å². The Hall–Kier alpha value is -1.67. The quantitative estimate of drug-likeness (QED) is 0.813. The Labute approximate surface area is 103 Å². The van der Waals surface area contributed by atoms with Crippen LogP contribution in [0, 0.1) is 11.3 Å². The van der Waals surface area contributed by atoms with Crippen LogP contribution in [0.3, 0.4) is 0 Å². The van der Waals surface area contributed by atoms with Crippen LogP contribution in [0.2, 0.25) is 0 Å². The van der Waals surface area contributed by atoms with Gasteiger partial charge in [0.25, 0.3) is 0 Å². The van der Waals surface area contributed by atoms with Gasteiger partial charge in [-0.05, 0) is 30.7 Å². The average Bonchev–Trinajstić information content (AvgIpc) is 2.29. The second-order valence-electron chi connectivity index (χ2n) is 3.52. The summed E-state index contributed by atoms with van der Waals surface area (Å²) in [5.74, 6) is 0.362. The van der Waals surface area contributed by atoms with Crippen molar-refractivity contribution in [2.75, 3.05) is 11.1 Å². The van der Waals surface area contributed by atoms with Crippen LogP contribution in [-0.4, -0.2) is 15.9 Å². The van der Waals surface area contributed by atoms with Crippen molar-refractivity contribution in [3.8, 4) is 6.07 Å². The molecule has 0 spiro atoms. The Bertz CT molecular complexity index is 449. The molecule has 5 heteroatoms. The third kappa shape index (κ3) is 4.79. The molecule has 1 amide bonds. The number of hydrogen-bond donors (Lipinski definition) is 1. The number of hydrogen-bond acceptors (Lipinski definition) is 3. The summed E-state index contributed by atoms with van der Waals surface area (Å²) in [6, 6.07) is 8.93. The van der Waals surface area contributed by atoms with E-state index in [1.54, 1.807) is 24.3 Å². The van der Waals surface area contributed by atoms with E-state index < -0.39 is 10.8 Å². The van der Waals surface area contributed by atoms with Crippen molar-refractivity contribution in [1.29, 1.82) is 5.26 Å². The van der Waals surface area contributed by atoms with E-state index in [0.29, 0.717) is 24.3 Å². The van der Waals surface area contributed by atoms with Crippen molar-refractivity contribution in [2.45, 2.75) is 24.7 Å². The molecule has 0 radical (unpaired) electrons. The van der Waals surface area contributed by atoms with Gasteiger partial charge in [0.05, 0.1) is 16.9 Å². The molecule has 0 fully saturated rings. The SMILES string of the molecule is CC(=O)Nc1ccc([S@](=O)CCCC#N)cc1. The molecule has 0 saturated carbocycles. The summed E-state index contributed by atoms with van der Waals surface area (Å²) in [6.45, 7) is 1.44. The number of rotatable bonds is 5. The lowest BCUT2D eigenvalue weighted by Crippen LogP contribution is -2.05. The van der Waals surface area contributed by atoms with Gasteiger partial charge in [0.2, 0.25) is 5.91 Å². The number of anilines is 1. The van der Waals surface area contributed by atoms with E-state index >= 15 is 0 Å². The number of carbonyl (C=O) groups excluding carboxylic acids is 1. The lowest BCUT2D eigenvalue weighted by Gasteiger charge is -2.04. The van der Waals surface area contributed by atoms with Crippen LogP contribution in [0.5, 0.6) is 0 Å². The van der Waals surface area contributed by atoms with E-state index in [9.17, 15) is 9.00 Å². The van der Waals surface area contributed by atoms with Crippen molar-refractivity contribution in [1.82, 2.24) is 0 Å². The first-order valence-electron chi connectivity index (χ1n) is 5.26. The maximum Gasteiger partial charge on any atom is 0.221 e. The molecule has 1 atom stereocenters. The van der Waals surface area contributed by atoms with Crippen molar-refractivity contribution in [3.05, 3.63) is 24.3 Å². The molecule has 0 aromatic heterocycles. The maximum absolute atomic E-state index is 11.8. The smallest absolute Gasteiger partial charge is 0.221 e. The Morgan fingerprint density at radius 3 is 2.59 bits per heavy atom. The minimum Gasteiger partial charge on any atom is -0.326 e. The topological polar surface area (TPSA) is 70.0 Å². The molecule has 0 unspecified atom stereocenters. The van der Waals surface area contributed by atoms with Gasteiger partial charge >= 0.3 is 0 Å². The van der Waals surface area contributed by atoms with Gasteiger partial charge in [-0.15, -0.1) is 0 Å². The summed E-state index contributed by atoms with van der Waals surface area (Å²) >= 11 is 0. The Morgan fingerprint density at radius 2 is 2.06 bits per heavy atom. The summed E-state index contributed by atoms with van der Waals surface area (Å²) in [4.78, 5) is 11.5. The molecule has 0 aliphatic heterocycles. The minimum atomic E-state index is -1.07. The third-order valence-electron chi connectivity index (χ3n) is 2.06. The van der Waals surface area contributed by atoms with Gasteiger partial charge in [0.15, 0.2) is 0 Å². The summed E-state index contributed by atoms with van der Waals surface area (Å²) in [6.07, 6.45) is 1.06. The van der Waals surface area contributed by atoms with Crippen LogP contribution in [0.1, 0.15) is 19.8 Å². The van der Waals surface area contributed by atoms with Crippen molar-refractivity contribution >= 4 is 22.4 Å². The molecule has 1 N–H and O–H groups in total. The molecule has 1 aromatic rings. The summed E-state index contributed by atoms with van der Waals surface area (Å²) in [5, 5.41) is 11.0. The Kier molecular flexibility index (Phi) is 5.37. The highest BCUT2D eigenvalue weighted by Gasteiger charge is 2.03. The molecule has 0 saturated heterocycles. The monoisotopic (exact) mass is 250 g/mol. The zero-order chi connectivity index (χ0) is 12.7. The molecule has 1 aromatic carbocycles. The van der Waals surface area contributed by atoms with E-state index in [4.69, 9.17) is 5.26 Å². The van der Waals surface area contributed by atoms with E-state index in [1.165, 1.54) is 6.92 Å². The number of unbranched alkanes of at least 4 members (excludes halogenated alkanes) is 1. The highest BCUT2D eigenvalue weighted by atomic mass is 32.2. The first kappa shape index (κ1) is 13.4. The summed E-state index contributed by atoms with van der Waals surface area (Å²) in [5.41, 5.74) is 0.690. The highest BCUT2D eigenvalue weighted by molar-refractivity contribution is 7.85. The van der Waals surface area contributed by atoms with Gasteiger partial charge < -0.3 is 5.32 Å². The second-order valence-corrected chi connectivity index (χ2v) is 5.09. The predicted molar refractivity (Wildman–Crippen MR) is 66.9 cm³/mol. The number of amides is 1. The van der Waals surface area contributed by atoms with Gasteiger partial charge in [-0.3, -0.25) is 9.00 Å². The fraction of sp³-hybridized carbons (Fsp3) is 0.333. The molecule has 0 aliphatic carbocycles. The van der Waals surface area contributed by atoms with E-state index in [2.05, 4.69) is 5.32 Å². The maximum atomic E-state index is 11.8. The van der Waals surface area contributed by atoms with Gasteiger partial charge in [-0.1, -0.05) is 0 Å². The second kappa shape index (κ2) is 6.81. The molecule has 0 heterocycles. The zero-order valence-corrected chi connectivity index (χ0v) is 10.4. The molecule has 17 heavy (non-hydrogen) atoms. The first-order valence-corrected chi connectivity index (χ1v) is 6.58. The first-order chi connectivity index (χ1) is 8.13. The molecule has 90 valence electrons. The lowest BCUT2D eigenvalue weighted by molar-refractivity contribution is -0.114. The number of nitriles is 1. The van der Waals surface area contributed by atoms with Crippen LogP contribution in [-0.2, 0) is 15.6 Å². The highest BCUT2D eigenvalue weighted by Crippen LogP contribution is 2.13. The summed E-state index contributed by atoms with van der Waals surface area (Å²) in [7, 11) is -1.07. The van der Waals surface area contributed by atoms with Crippen molar-refractivity contribution in [2.24, 2.45) is 0 Å². The normalized spacial score (nSPS) is 11.5. The number of benzene rings is 1. The van der Waals surface area contributed by atoms with Gasteiger partial charge in [0.1, 0.15) is 0 Å². The fourth-order valence-corrected chi connectivity index (χ4v) is 2.38. The lowest BCUT2D eigenvalue weighted by atomic mass is 10.3. The summed E-state index contributed by atoms with van der Waals surface area (Å²) < 4.78 is 11.8. The fourth-order valence-electron chi connectivity index (χ4n) is 1.29. The Morgan fingerprint density at radius 1 is 1.41 bits per heavy atom. The minimum absolute atomic E-state index is 0.132. The molecule has 1 rings (SSSR count). The molecule has 0 aliphatic rings. The van der Waals surface area contributed by atoms with E-state index in [-0.39, 0.29) is 5.91 Å². The van der Waals surface area contributed by atoms with Crippen molar-refractivity contribution in [3.63, 3.8) is 0 Å². The van der Waals surface area contributed by atoms with E-state index in [1.807, 2.05) is 6.07 Å². The molecule has 0 bridgehead atoms. The standard InChI is InChI=1S/C12H14N2O2S/c1-10(15)14-11-4-6-12(7-5-11)17(16)9-3-2-8-13/h4-7H,2-3,9H2,1H3,(H,14,15)/t17-/m1/s1. The Balaban J connectivity index is 2.58. The number of carbonyl (C=O) groups is 1. The van der Waals surface area contributed by atoms with Crippen LogP contribution >= 0.6 is 0 Å². The van der Waals surface area contributed by atoms with Crippen LogP contribution in [0.25, 0.3) is 0 Å². The van der Waals surface area contributed by atoms with E-state index in [0.717, 1.165) is 4.90 Å². The number of nitrogens with one attached hydrogen (secondary N) is 1. The molecular weight excluding hydrogens is 236 g/mol. The largest absolute Gasteiger partial charge is 0.326 e. The van der Waals surface area contributed by atoms with Gasteiger partial charge in [-0.2, -0.15) is 5.26 Å². The van der Waals surface area contributed by atoms with Gasteiger partial charge in [0, 0.05) is 29.7 Å². The van der Waals surface area contributed by atoms with Crippen LogP contribution in [0.4, 0.5) is 5.69 Å². The predicted octanol–water partition coefficient (Wildman–Crippen LogP) is 2.06. The van der Waals surface area contributed by atoms with Crippen LogP contribution < -0.4 is 5.32 Å². The zero-order valence-electron chi connectivity index (χ0n) is 9.60.